The maximum Gasteiger partial charge on any atom is 0.261 e. The molecule has 140 valence electrons. The van der Waals surface area contributed by atoms with Gasteiger partial charge >= 0.3 is 0 Å². The molecule has 0 atom stereocenters. The highest BCUT2D eigenvalue weighted by atomic mass is 16.5. The molecular formula is C22H30N2O2. The zero-order chi connectivity index (χ0) is 19.3. The van der Waals surface area contributed by atoms with Crippen LogP contribution in [0.4, 0.5) is 5.69 Å². The molecule has 4 nitrogen and oxygen atoms in total. The summed E-state index contributed by atoms with van der Waals surface area (Å²) < 4.78 is 5.98. The fourth-order valence-electron chi connectivity index (χ4n) is 2.81. The lowest BCUT2D eigenvalue weighted by Gasteiger charge is -2.18. The molecule has 1 aromatic heterocycles. The molecule has 0 aliphatic carbocycles. The summed E-state index contributed by atoms with van der Waals surface area (Å²) in [5.41, 5.74) is 5.27. The second-order valence-corrected chi connectivity index (χ2v) is 7.24. The van der Waals surface area contributed by atoms with Crippen LogP contribution in [0.1, 0.15) is 60.1 Å². The van der Waals surface area contributed by atoms with Gasteiger partial charge in [0.2, 0.25) is 0 Å². The van der Waals surface area contributed by atoms with Crippen LogP contribution in [0.2, 0.25) is 0 Å². The van der Waals surface area contributed by atoms with Crippen molar-refractivity contribution in [1.29, 1.82) is 0 Å². The monoisotopic (exact) mass is 354 g/mol. The van der Waals surface area contributed by atoms with Crippen molar-refractivity contribution >= 4 is 11.6 Å². The number of carbonyl (C=O) groups excluding carboxylic acids is 1. The van der Waals surface area contributed by atoms with E-state index in [1.54, 1.807) is 0 Å². The Morgan fingerprint density at radius 1 is 1.23 bits per heavy atom. The van der Waals surface area contributed by atoms with E-state index in [2.05, 4.69) is 31.1 Å². The van der Waals surface area contributed by atoms with Crippen LogP contribution in [-0.2, 0) is 6.42 Å². The molecule has 26 heavy (non-hydrogen) atoms. The number of hydrogen-bond acceptors (Lipinski definition) is 3. The summed E-state index contributed by atoms with van der Waals surface area (Å²) in [6.07, 6.45) is 1.67. The number of aryl methyl sites for hydroxylation is 3. The third kappa shape index (κ3) is 4.84. The quantitative estimate of drug-likeness (QED) is 0.739. The molecule has 0 aliphatic heterocycles. The van der Waals surface area contributed by atoms with Crippen LogP contribution < -0.4 is 10.1 Å². The van der Waals surface area contributed by atoms with E-state index in [0.29, 0.717) is 23.8 Å². The Morgan fingerprint density at radius 3 is 2.62 bits per heavy atom. The molecule has 1 amide bonds. The predicted molar refractivity (Wildman–Crippen MR) is 107 cm³/mol. The summed E-state index contributed by atoms with van der Waals surface area (Å²) in [4.78, 5) is 17.7. The zero-order valence-corrected chi connectivity index (χ0v) is 16.8. The van der Waals surface area contributed by atoms with Gasteiger partial charge in [0.05, 0.1) is 12.3 Å². The van der Waals surface area contributed by atoms with Gasteiger partial charge in [-0.05, 0) is 50.3 Å². The van der Waals surface area contributed by atoms with Gasteiger partial charge in [0.15, 0.2) is 0 Å². The highest BCUT2D eigenvalue weighted by molar-refractivity contribution is 6.07. The lowest BCUT2D eigenvalue weighted by atomic mass is 10.0. The Bertz CT molecular complexity index is 782. The lowest BCUT2D eigenvalue weighted by Crippen LogP contribution is -2.19. The summed E-state index contributed by atoms with van der Waals surface area (Å²) in [6.45, 7) is 12.8. The first-order valence-corrected chi connectivity index (χ1v) is 9.34. The molecule has 0 spiro atoms. The summed E-state index contributed by atoms with van der Waals surface area (Å²) in [5.74, 6) is 0.846. The summed E-state index contributed by atoms with van der Waals surface area (Å²) >= 11 is 0. The average molecular weight is 354 g/mol. The molecule has 0 unspecified atom stereocenters. The largest absolute Gasteiger partial charge is 0.492 e. The number of rotatable bonds is 7. The van der Waals surface area contributed by atoms with E-state index in [-0.39, 0.29) is 5.91 Å². The topological polar surface area (TPSA) is 51.2 Å². The van der Waals surface area contributed by atoms with Crippen molar-refractivity contribution in [1.82, 2.24) is 4.98 Å². The molecule has 1 N–H and O–H groups in total. The van der Waals surface area contributed by atoms with E-state index in [9.17, 15) is 4.79 Å². The molecule has 0 bridgehead atoms. The molecule has 0 saturated heterocycles. The summed E-state index contributed by atoms with van der Waals surface area (Å²) in [5, 5.41) is 3.05. The smallest absolute Gasteiger partial charge is 0.261 e. The molecule has 2 rings (SSSR count). The van der Waals surface area contributed by atoms with Crippen LogP contribution in [0.25, 0.3) is 0 Å². The molecular weight excluding hydrogens is 324 g/mol. The van der Waals surface area contributed by atoms with Gasteiger partial charge in [-0.3, -0.25) is 9.78 Å². The van der Waals surface area contributed by atoms with Crippen molar-refractivity contribution in [3.63, 3.8) is 0 Å². The van der Waals surface area contributed by atoms with Crippen molar-refractivity contribution in [3.05, 3.63) is 52.3 Å². The summed E-state index contributed by atoms with van der Waals surface area (Å²) in [7, 11) is 0. The van der Waals surface area contributed by atoms with Crippen molar-refractivity contribution in [2.75, 3.05) is 11.9 Å². The van der Waals surface area contributed by atoms with E-state index in [0.717, 1.165) is 41.0 Å². The van der Waals surface area contributed by atoms with E-state index in [1.165, 1.54) is 0 Å². The number of nitrogens with zero attached hydrogens (tertiary/aromatic N) is 1. The number of amides is 1. The number of hydrogen-bond donors (Lipinski definition) is 1. The second kappa shape index (κ2) is 8.84. The van der Waals surface area contributed by atoms with E-state index in [1.807, 2.05) is 45.0 Å². The van der Waals surface area contributed by atoms with Crippen molar-refractivity contribution in [2.45, 2.75) is 54.4 Å². The van der Waals surface area contributed by atoms with Gasteiger partial charge in [0.25, 0.3) is 5.91 Å². The van der Waals surface area contributed by atoms with Gasteiger partial charge in [-0.2, -0.15) is 0 Å². The number of pyridine rings is 1. The van der Waals surface area contributed by atoms with Gasteiger partial charge in [0.1, 0.15) is 11.3 Å². The molecule has 4 heteroatoms. The third-order valence-electron chi connectivity index (χ3n) is 4.33. The van der Waals surface area contributed by atoms with Crippen LogP contribution in [-0.4, -0.2) is 17.5 Å². The standard InChI is InChI=1S/C22H30N2O2/c1-7-9-19-21(20(12-16(5)23-19)26-13-14(2)3)22(25)24-18-11-8-10-15(4)17(18)6/h8,10-12,14H,7,9,13H2,1-6H3,(H,24,25). The van der Waals surface area contributed by atoms with Gasteiger partial charge in [-0.15, -0.1) is 0 Å². The summed E-state index contributed by atoms with van der Waals surface area (Å²) in [6, 6.07) is 7.78. The number of benzene rings is 1. The minimum atomic E-state index is -0.159. The highest BCUT2D eigenvalue weighted by Crippen LogP contribution is 2.27. The minimum Gasteiger partial charge on any atom is -0.492 e. The molecule has 0 fully saturated rings. The van der Waals surface area contributed by atoms with Gasteiger partial charge in [0, 0.05) is 17.4 Å². The van der Waals surface area contributed by atoms with Crippen molar-refractivity contribution in [2.24, 2.45) is 5.92 Å². The maximum atomic E-state index is 13.1. The van der Waals surface area contributed by atoms with E-state index < -0.39 is 0 Å². The van der Waals surface area contributed by atoms with Crippen LogP contribution in [0.3, 0.4) is 0 Å². The van der Waals surface area contributed by atoms with E-state index >= 15 is 0 Å². The second-order valence-electron chi connectivity index (χ2n) is 7.24. The Morgan fingerprint density at radius 2 is 1.96 bits per heavy atom. The first-order valence-electron chi connectivity index (χ1n) is 9.34. The van der Waals surface area contributed by atoms with Crippen LogP contribution in [0.5, 0.6) is 5.75 Å². The number of nitrogens with one attached hydrogen (secondary N) is 1. The number of aromatic nitrogens is 1. The Hall–Kier alpha value is -2.36. The third-order valence-corrected chi connectivity index (χ3v) is 4.33. The molecule has 0 saturated carbocycles. The normalized spacial score (nSPS) is 10.9. The molecule has 0 radical (unpaired) electrons. The maximum absolute atomic E-state index is 13.1. The minimum absolute atomic E-state index is 0.159. The zero-order valence-electron chi connectivity index (χ0n) is 16.8. The average Bonchev–Trinajstić information content (AvgIpc) is 2.57. The lowest BCUT2D eigenvalue weighted by molar-refractivity contribution is 0.102. The number of carbonyl (C=O) groups is 1. The predicted octanol–water partition coefficient (Wildman–Crippen LogP) is 5.25. The molecule has 1 aromatic carbocycles. The van der Waals surface area contributed by atoms with Crippen LogP contribution in [0, 0.1) is 26.7 Å². The number of anilines is 1. The fourth-order valence-corrected chi connectivity index (χ4v) is 2.81. The molecule has 0 aliphatic rings. The highest BCUT2D eigenvalue weighted by Gasteiger charge is 2.21. The number of ether oxygens (including phenoxy) is 1. The van der Waals surface area contributed by atoms with Gasteiger partial charge in [-0.25, -0.2) is 0 Å². The molecule has 1 heterocycles. The van der Waals surface area contributed by atoms with Crippen LogP contribution in [0.15, 0.2) is 24.3 Å². The first-order chi connectivity index (χ1) is 12.3. The van der Waals surface area contributed by atoms with Gasteiger partial charge in [-0.1, -0.05) is 39.3 Å². The fraction of sp³-hybridized carbons (Fsp3) is 0.455. The Labute approximate surface area is 157 Å². The SMILES string of the molecule is CCCc1nc(C)cc(OCC(C)C)c1C(=O)Nc1cccc(C)c1C. The Balaban J connectivity index is 2.43. The molecule has 2 aromatic rings. The van der Waals surface area contributed by atoms with Crippen molar-refractivity contribution in [3.8, 4) is 5.75 Å². The first kappa shape index (κ1) is 20.0. The van der Waals surface area contributed by atoms with Gasteiger partial charge < -0.3 is 10.1 Å². The van der Waals surface area contributed by atoms with Crippen LogP contribution >= 0.6 is 0 Å². The van der Waals surface area contributed by atoms with Crippen molar-refractivity contribution < 1.29 is 9.53 Å². The Kier molecular flexibility index (Phi) is 6.78. The van der Waals surface area contributed by atoms with E-state index in [4.69, 9.17) is 4.74 Å².